The molecular formula is C19H17N3O6S. The fourth-order valence-electron chi connectivity index (χ4n) is 2.19. The number of nitrogens with one attached hydrogen (secondary N) is 2. The van der Waals surface area contributed by atoms with Crippen molar-refractivity contribution in [3.05, 3.63) is 65.9 Å². The summed E-state index contributed by atoms with van der Waals surface area (Å²) in [6, 6.07) is 12.8. The average molecular weight is 415 g/mol. The third-order valence-corrected chi connectivity index (χ3v) is 4.91. The molecule has 10 heteroatoms. The minimum absolute atomic E-state index is 0.101. The van der Waals surface area contributed by atoms with E-state index in [-0.39, 0.29) is 34.0 Å². The number of aromatic carboxylic acids is 1. The Hall–Kier alpha value is -3.84. The molecule has 0 saturated carbocycles. The zero-order valence-electron chi connectivity index (χ0n) is 15.2. The highest BCUT2D eigenvalue weighted by Gasteiger charge is 2.18. The highest BCUT2D eigenvalue weighted by Crippen LogP contribution is 2.25. The number of nitriles is 1. The van der Waals surface area contributed by atoms with Crippen LogP contribution < -0.4 is 10.0 Å². The molecule has 0 aliphatic heterocycles. The van der Waals surface area contributed by atoms with Crippen LogP contribution in [0.5, 0.6) is 0 Å². The van der Waals surface area contributed by atoms with Crippen LogP contribution in [0.2, 0.25) is 0 Å². The summed E-state index contributed by atoms with van der Waals surface area (Å²) in [5.74, 6) is -2.07. The molecule has 0 aromatic heterocycles. The Labute approximate surface area is 167 Å². The topological polar surface area (TPSA) is 146 Å². The summed E-state index contributed by atoms with van der Waals surface area (Å²) in [6.07, 6.45) is 1.11. The van der Waals surface area contributed by atoms with Crippen LogP contribution in [0.1, 0.15) is 17.3 Å². The molecule has 2 aromatic rings. The largest absolute Gasteiger partial charge is 0.478 e. The van der Waals surface area contributed by atoms with Gasteiger partial charge in [0, 0.05) is 6.20 Å². The monoisotopic (exact) mass is 415 g/mol. The molecule has 2 aromatic carbocycles. The Kier molecular flexibility index (Phi) is 6.94. The number of para-hydroxylation sites is 2. The molecule has 2 rings (SSSR count). The molecule has 0 bridgehead atoms. The van der Waals surface area contributed by atoms with Crippen LogP contribution in [0.3, 0.4) is 0 Å². The predicted molar refractivity (Wildman–Crippen MR) is 105 cm³/mol. The normalized spacial score (nSPS) is 11.2. The van der Waals surface area contributed by atoms with Crippen molar-refractivity contribution in [2.24, 2.45) is 0 Å². The molecule has 0 aliphatic rings. The lowest BCUT2D eigenvalue weighted by molar-refractivity contribution is -0.138. The maximum atomic E-state index is 12.6. The summed E-state index contributed by atoms with van der Waals surface area (Å²) in [5, 5.41) is 20.8. The molecule has 0 aliphatic carbocycles. The van der Waals surface area contributed by atoms with Crippen molar-refractivity contribution in [1.29, 1.82) is 5.26 Å². The van der Waals surface area contributed by atoms with Crippen molar-refractivity contribution >= 4 is 33.3 Å². The molecular weight excluding hydrogens is 398 g/mol. The molecule has 0 radical (unpaired) electrons. The second kappa shape index (κ2) is 9.38. The third kappa shape index (κ3) is 5.57. The summed E-state index contributed by atoms with van der Waals surface area (Å²) >= 11 is 0. The summed E-state index contributed by atoms with van der Waals surface area (Å²) in [6.45, 7) is 1.70. The number of rotatable bonds is 8. The number of carbonyl (C=O) groups excluding carboxylic acids is 1. The standard InChI is InChI=1S/C19H17N3O6S/c1-2-28-19(25)14(11-20)12-21-16-8-3-4-9-17(16)22-29(26,27)15-7-5-6-13(10-15)18(23)24/h3-10,12,21-22H,2H2,1H3,(H,23,24)/b14-12+. The highest BCUT2D eigenvalue weighted by molar-refractivity contribution is 7.92. The third-order valence-electron chi connectivity index (χ3n) is 3.55. The fourth-order valence-corrected chi connectivity index (χ4v) is 3.32. The number of sulfonamides is 1. The Balaban J connectivity index is 2.31. The van der Waals surface area contributed by atoms with E-state index < -0.39 is 22.0 Å². The minimum Gasteiger partial charge on any atom is -0.478 e. The van der Waals surface area contributed by atoms with Crippen molar-refractivity contribution in [2.75, 3.05) is 16.6 Å². The number of carbonyl (C=O) groups is 2. The Morgan fingerprint density at radius 2 is 1.86 bits per heavy atom. The van der Waals surface area contributed by atoms with Gasteiger partial charge in [0.15, 0.2) is 5.57 Å². The second-order valence-electron chi connectivity index (χ2n) is 5.52. The molecule has 0 spiro atoms. The number of ether oxygens (including phenoxy) is 1. The maximum Gasteiger partial charge on any atom is 0.350 e. The molecule has 0 unspecified atom stereocenters. The molecule has 0 heterocycles. The Morgan fingerprint density at radius 1 is 1.17 bits per heavy atom. The van der Waals surface area contributed by atoms with Gasteiger partial charge in [-0.25, -0.2) is 18.0 Å². The molecule has 150 valence electrons. The van der Waals surface area contributed by atoms with E-state index in [1.807, 2.05) is 0 Å². The van der Waals surface area contributed by atoms with Crippen LogP contribution >= 0.6 is 0 Å². The number of hydrogen-bond donors (Lipinski definition) is 3. The summed E-state index contributed by atoms with van der Waals surface area (Å²) in [5.41, 5.74) is -0.0675. The lowest BCUT2D eigenvalue weighted by Gasteiger charge is -2.13. The summed E-state index contributed by atoms with van der Waals surface area (Å²) < 4.78 is 32.4. The lowest BCUT2D eigenvalue weighted by atomic mass is 10.2. The van der Waals surface area contributed by atoms with Crippen molar-refractivity contribution in [2.45, 2.75) is 11.8 Å². The first-order valence-corrected chi connectivity index (χ1v) is 9.76. The first-order chi connectivity index (χ1) is 13.8. The molecule has 0 saturated heterocycles. The molecule has 9 nitrogen and oxygen atoms in total. The first kappa shape index (κ1) is 21.5. The van der Waals surface area contributed by atoms with E-state index in [1.165, 1.54) is 30.3 Å². The average Bonchev–Trinajstić information content (AvgIpc) is 2.69. The summed E-state index contributed by atoms with van der Waals surface area (Å²) in [7, 11) is -4.09. The van der Waals surface area contributed by atoms with E-state index in [0.717, 1.165) is 12.3 Å². The van der Waals surface area contributed by atoms with Crippen molar-refractivity contribution in [3.63, 3.8) is 0 Å². The number of nitrogens with zero attached hydrogens (tertiary/aromatic N) is 1. The SMILES string of the molecule is CCOC(=O)/C(C#N)=C/Nc1ccccc1NS(=O)(=O)c1cccc(C(=O)O)c1. The number of esters is 1. The van der Waals surface area contributed by atoms with Gasteiger partial charge in [-0.05, 0) is 37.3 Å². The van der Waals surface area contributed by atoms with E-state index >= 15 is 0 Å². The van der Waals surface area contributed by atoms with Gasteiger partial charge < -0.3 is 15.2 Å². The quantitative estimate of drug-likeness (QED) is 0.339. The number of benzene rings is 2. The van der Waals surface area contributed by atoms with E-state index in [0.29, 0.717) is 0 Å². The van der Waals surface area contributed by atoms with E-state index in [4.69, 9.17) is 15.1 Å². The van der Waals surface area contributed by atoms with Gasteiger partial charge in [-0.2, -0.15) is 5.26 Å². The van der Waals surface area contributed by atoms with Gasteiger partial charge in [-0.15, -0.1) is 0 Å². The number of carboxylic acids is 1. The van der Waals surface area contributed by atoms with Gasteiger partial charge in [0.25, 0.3) is 10.0 Å². The van der Waals surface area contributed by atoms with Crippen LogP contribution in [-0.4, -0.2) is 32.1 Å². The van der Waals surface area contributed by atoms with Crippen LogP contribution in [0.15, 0.2) is 65.2 Å². The first-order valence-electron chi connectivity index (χ1n) is 8.27. The van der Waals surface area contributed by atoms with Gasteiger partial charge in [0.05, 0.1) is 28.4 Å². The second-order valence-corrected chi connectivity index (χ2v) is 7.20. The van der Waals surface area contributed by atoms with Crippen LogP contribution in [0.4, 0.5) is 11.4 Å². The molecule has 0 atom stereocenters. The molecule has 29 heavy (non-hydrogen) atoms. The lowest BCUT2D eigenvalue weighted by Crippen LogP contribution is -2.15. The minimum atomic E-state index is -4.09. The maximum absolute atomic E-state index is 12.6. The number of hydrogen-bond acceptors (Lipinski definition) is 7. The van der Waals surface area contributed by atoms with Crippen LogP contribution in [0, 0.1) is 11.3 Å². The van der Waals surface area contributed by atoms with Gasteiger partial charge in [0.1, 0.15) is 6.07 Å². The number of carboxylic acid groups (broad SMARTS) is 1. The molecule has 0 fully saturated rings. The zero-order valence-corrected chi connectivity index (χ0v) is 16.1. The van der Waals surface area contributed by atoms with Crippen molar-refractivity contribution in [3.8, 4) is 6.07 Å². The van der Waals surface area contributed by atoms with Crippen LogP contribution in [0.25, 0.3) is 0 Å². The van der Waals surface area contributed by atoms with Gasteiger partial charge in [-0.1, -0.05) is 18.2 Å². The Bertz CT molecular complexity index is 1100. The van der Waals surface area contributed by atoms with Gasteiger partial charge in [-0.3, -0.25) is 4.72 Å². The predicted octanol–water partition coefficient (Wildman–Crippen LogP) is 2.57. The van der Waals surface area contributed by atoms with E-state index in [9.17, 15) is 18.0 Å². The van der Waals surface area contributed by atoms with E-state index in [1.54, 1.807) is 25.1 Å². The number of anilines is 2. The van der Waals surface area contributed by atoms with E-state index in [2.05, 4.69) is 10.0 Å². The fraction of sp³-hybridized carbons (Fsp3) is 0.105. The smallest absolute Gasteiger partial charge is 0.350 e. The van der Waals surface area contributed by atoms with Crippen LogP contribution in [-0.2, 0) is 19.6 Å². The van der Waals surface area contributed by atoms with Gasteiger partial charge in [0.2, 0.25) is 0 Å². The van der Waals surface area contributed by atoms with Gasteiger partial charge >= 0.3 is 11.9 Å². The summed E-state index contributed by atoms with van der Waals surface area (Å²) in [4.78, 5) is 22.5. The molecule has 3 N–H and O–H groups in total. The van der Waals surface area contributed by atoms with Crippen molar-refractivity contribution in [1.82, 2.24) is 0 Å². The van der Waals surface area contributed by atoms with Crippen molar-refractivity contribution < 1.29 is 27.9 Å². The zero-order chi connectivity index (χ0) is 21.4. The molecule has 0 amide bonds. The Morgan fingerprint density at radius 3 is 2.48 bits per heavy atom. The highest BCUT2D eigenvalue weighted by atomic mass is 32.2.